The topological polar surface area (TPSA) is 34.2 Å². The molecule has 0 aliphatic carbocycles. The van der Waals surface area contributed by atoms with Crippen molar-refractivity contribution in [3.05, 3.63) is 16.1 Å². The molecule has 1 saturated heterocycles. The lowest BCUT2D eigenvalue weighted by atomic mass is 9.77. The molecule has 0 radical (unpaired) electrons. The summed E-state index contributed by atoms with van der Waals surface area (Å²) in [6.07, 6.45) is 4.61. The molecule has 0 amide bonds. The number of thiazole rings is 1. The minimum absolute atomic E-state index is 0.359. The Morgan fingerprint density at radius 2 is 2.22 bits per heavy atom. The molecule has 1 fully saturated rings. The summed E-state index contributed by atoms with van der Waals surface area (Å²) in [6.45, 7) is 8.30. The lowest BCUT2D eigenvalue weighted by Crippen LogP contribution is -2.41. The third-order valence-electron chi connectivity index (χ3n) is 3.67. The first kappa shape index (κ1) is 14.0. The van der Waals surface area contributed by atoms with E-state index in [4.69, 9.17) is 4.74 Å². The van der Waals surface area contributed by atoms with Crippen LogP contribution >= 0.6 is 11.3 Å². The molecule has 4 heteroatoms. The van der Waals surface area contributed by atoms with Gasteiger partial charge in [-0.25, -0.2) is 4.98 Å². The zero-order valence-corrected chi connectivity index (χ0v) is 12.3. The van der Waals surface area contributed by atoms with Crippen LogP contribution in [0.4, 0.5) is 0 Å². The van der Waals surface area contributed by atoms with Gasteiger partial charge in [0.2, 0.25) is 0 Å². The lowest BCUT2D eigenvalue weighted by molar-refractivity contribution is 0.0150. The van der Waals surface area contributed by atoms with Crippen LogP contribution in [-0.4, -0.2) is 31.3 Å². The van der Waals surface area contributed by atoms with E-state index in [-0.39, 0.29) is 0 Å². The Labute approximate surface area is 114 Å². The second kappa shape index (κ2) is 6.64. The Morgan fingerprint density at radius 1 is 1.44 bits per heavy atom. The fraction of sp³-hybridized carbons (Fsp3) is 0.786. The molecule has 1 aliphatic rings. The van der Waals surface area contributed by atoms with Crippen LogP contribution in [0.25, 0.3) is 0 Å². The molecule has 2 heterocycles. The molecule has 0 spiro atoms. The summed E-state index contributed by atoms with van der Waals surface area (Å²) in [6, 6.07) is 0. The van der Waals surface area contributed by atoms with Crippen LogP contribution in [0, 0.1) is 12.3 Å². The van der Waals surface area contributed by atoms with Crippen molar-refractivity contribution in [3.8, 4) is 0 Å². The average Bonchev–Trinajstić information content (AvgIpc) is 2.76. The van der Waals surface area contributed by atoms with Crippen molar-refractivity contribution in [3.63, 3.8) is 0 Å². The van der Waals surface area contributed by atoms with E-state index in [1.165, 1.54) is 11.4 Å². The Bertz CT molecular complexity index is 358. The van der Waals surface area contributed by atoms with Crippen LogP contribution in [0.5, 0.6) is 0 Å². The number of hydrogen-bond acceptors (Lipinski definition) is 4. The molecule has 1 aromatic heterocycles. The van der Waals surface area contributed by atoms with Crippen LogP contribution in [0.2, 0.25) is 0 Å². The van der Waals surface area contributed by atoms with Gasteiger partial charge >= 0.3 is 0 Å². The van der Waals surface area contributed by atoms with E-state index in [0.717, 1.165) is 51.3 Å². The Balaban J connectivity index is 1.99. The number of aromatic nitrogens is 1. The molecule has 0 bridgehead atoms. The van der Waals surface area contributed by atoms with Crippen molar-refractivity contribution in [1.29, 1.82) is 0 Å². The molecule has 0 aromatic carbocycles. The van der Waals surface area contributed by atoms with E-state index < -0.39 is 0 Å². The quantitative estimate of drug-likeness (QED) is 0.806. The second-order valence-corrected chi connectivity index (χ2v) is 6.29. The molecule has 1 aromatic rings. The molecule has 0 atom stereocenters. The first-order valence-electron chi connectivity index (χ1n) is 6.94. The zero-order chi connectivity index (χ0) is 12.8. The second-order valence-electron chi connectivity index (χ2n) is 5.35. The minimum atomic E-state index is 0.359. The number of hydrogen-bond donors (Lipinski definition) is 1. The normalized spacial score (nSPS) is 19.0. The largest absolute Gasteiger partial charge is 0.381 e. The predicted octanol–water partition coefficient (Wildman–Crippen LogP) is 2.79. The van der Waals surface area contributed by atoms with Gasteiger partial charge in [-0.2, -0.15) is 0 Å². The average molecular weight is 268 g/mol. The third kappa shape index (κ3) is 3.77. The summed E-state index contributed by atoms with van der Waals surface area (Å²) in [5.41, 5.74) is 1.51. The van der Waals surface area contributed by atoms with Gasteiger partial charge in [-0.15, -0.1) is 11.3 Å². The monoisotopic (exact) mass is 268 g/mol. The molecule has 0 saturated carbocycles. The number of aryl methyl sites for hydroxylation is 1. The van der Waals surface area contributed by atoms with E-state index >= 15 is 0 Å². The summed E-state index contributed by atoms with van der Waals surface area (Å²) < 4.78 is 5.53. The molecule has 18 heavy (non-hydrogen) atoms. The van der Waals surface area contributed by atoms with Crippen LogP contribution in [0.3, 0.4) is 0 Å². The standard InChI is InChI=1S/C14H24N2OS/c1-3-6-15-11-14(4-7-17-8-5-14)9-13-16-12(2)10-18-13/h10,15H,3-9,11H2,1-2H3. The van der Waals surface area contributed by atoms with E-state index in [0.29, 0.717) is 5.41 Å². The van der Waals surface area contributed by atoms with Gasteiger partial charge in [-0.1, -0.05) is 6.92 Å². The highest BCUT2D eigenvalue weighted by molar-refractivity contribution is 7.09. The summed E-state index contributed by atoms with van der Waals surface area (Å²) in [5, 5.41) is 7.03. The van der Waals surface area contributed by atoms with Gasteiger partial charge in [0.25, 0.3) is 0 Å². The maximum atomic E-state index is 5.53. The first-order valence-corrected chi connectivity index (χ1v) is 7.81. The molecular formula is C14H24N2OS. The third-order valence-corrected chi connectivity index (χ3v) is 4.64. The van der Waals surface area contributed by atoms with Gasteiger partial charge in [0.05, 0.1) is 5.01 Å². The van der Waals surface area contributed by atoms with E-state index in [1.54, 1.807) is 11.3 Å². The number of nitrogens with one attached hydrogen (secondary N) is 1. The van der Waals surface area contributed by atoms with Crippen molar-refractivity contribution in [2.45, 2.75) is 39.5 Å². The van der Waals surface area contributed by atoms with Gasteiger partial charge in [0, 0.05) is 37.3 Å². The molecule has 102 valence electrons. The van der Waals surface area contributed by atoms with Crippen molar-refractivity contribution in [2.24, 2.45) is 5.41 Å². The van der Waals surface area contributed by atoms with Crippen molar-refractivity contribution in [2.75, 3.05) is 26.3 Å². The highest BCUT2D eigenvalue weighted by Crippen LogP contribution is 2.34. The lowest BCUT2D eigenvalue weighted by Gasteiger charge is -2.37. The smallest absolute Gasteiger partial charge is 0.0934 e. The minimum Gasteiger partial charge on any atom is -0.381 e. The maximum absolute atomic E-state index is 5.53. The summed E-state index contributed by atoms with van der Waals surface area (Å²) in [5.74, 6) is 0. The van der Waals surface area contributed by atoms with Gasteiger partial charge in [-0.3, -0.25) is 0 Å². The van der Waals surface area contributed by atoms with Crippen molar-refractivity contribution < 1.29 is 4.74 Å². The molecule has 1 N–H and O–H groups in total. The highest BCUT2D eigenvalue weighted by atomic mass is 32.1. The first-order chi connectivity index (χ1) is 8.74. The van der Waals surface area contributed by atoms with E-state index in [1.807, 2.05) is 0 Å². The van der Waals surface area contributed by atoms with E-state index in [2.05, 4.69) is 29.5 Å². The number of rotatable bonds is 6. The molecule has 3 nitrogen and oxygen atoms in total. The van der Waals surface area contributed by atoms with Crippen LogP contribution < -0.4 is 5.32 Å². The molecule has 2 rings (SSSR count). The number of ether oxygens (including phenoxy) is 1. The zero-order valence-electron chi connectivity index (χ0n) is 11.5. The SMILES string of the molecule is CCCNCC1(Cc2nc(C)cs2)CCOCC1. The Hall–Kier alpha value is -0.450. The molecule has 0 unspecified atom stereocenters. The van der Waals surface area contributed by atoms with Gasteiger partial charge in [0.15, 0.2) is 0 Å². The summed E-state index contributed by atoms with van der Waals surface area (Å²) in [4.78, 5) is 4.63. The van der Waals surface area contributed by atoms with Gasteiger partial charge in [0.1, 0.15) is 0 Å². The number of nitrogens with zero attached hydrogens (tertiary/aromatic N) is 1. The van der Waals surface area contributed by atoms with Gasteiger partial charge < -0.3 is 10.1 Å². The fourth-order valence-electron chi connectivity index (χ4n) is 2.56. The fourth-order valence-corrected chi connectivity index (χ4v) is 3.50. The van der Waals surface area contributed by atoms with Gasteiger partial charge in [-0.05, 0) is 38.1 Å². The van der Waals surface area contributed by atoms with Crippen molar-refractivity contribution in [1.82, 2.24) is 10.3 Å². The van der Waals surface area contributed by atoms with Crippen LogP contribution in [0.1, 0.15) is 36.9 Å². The van der Waals surface area contributed by atoms with Crippen LogP contribution in [-0.2, 0) is 11.2 Å². The molecule has 1 aliphatic heterocycles. The molecular weight excluding hydrogens is 244 g/mol. The van der Waals surface area contributed by atoms with Crippen LogP contribution in [0.15, 0.2) is 5.38 Å². The Kier molecular flexibility index (Phi) is 5.15. The Morgan fingerprint density at radius 3 is 2.83 bits per heavy atom. The summed E-state index contributed by atoms with van der Waals surface area (Å²) >= 11 is 1.80. The maximum Gasteiger partial charge on any atom is 0.0934 e. The summed E-state index contributed by atoms with van der Waals surface area (Å²) in [7, 11) is 0. The van der Waals surface area contributed by atoms with Crippen molar-refractivity contribution >= 4 is 11.3 Å². The highest BCUT2D eigenvalue weighted by Gasteiger charge is 2.33. The predicted molar refractivity (Wildman–Crippen MR) is 76.2 cm³/mol. The van der Waals surface area contributed by atoms with E-state index in [9.17, 15) is 0 Å².